The Morgan fingerprint density at radius 3 is 2.67 bits per heavy atom. The van der Waals surface area contributed by atoms with Gasteiger partial charge in [-0.2, -0.15) is 0 Å². The molecule has 5 nitrogen and oxygen atoms in total. The zero-order chi connectivity index (χ0) is 13.6. The van der Waals surface area contributed by atoms with Gasteiger partial charge < -0.3 is 15.7 Å². The molecular weight excluding hydrogens is 232 g/mol. The summed E-state index contributed by atoms with van der Waals surface area (Å²) in [7, 11) is 0. The van der Waals surface area contributed by atoms with Gasteiger partial charge in [0, 0.05) is 13.0 Å². The highest BCUT2D eigenvalue weighted by atomic mass is 16.4. The Kier molecular flexibility index (Phi) is 5.59. The standard InChI is InChI=1S/C13H24N2O3/c1-13(2,6-5-11(16)17)7-9-15-12(18)10-4-3-8-14-10/h10,14H,3-9H2,1-2H3,(H,15,18)(H,16,17)/t10-/m0/s1. The van der Waals surface area contributed by atoms with Crippen LogP contribution < -0.4 is 10.6 Å². The number of nitrogens with one attached hydrogen (secondary N) is 2. The number of carboxylic acid groups (broad SMARTS) is 1. The summed E-state index contributed by atoms with van der Waals surface area (Å²) in [5.41, 5.74) is -0.0469. The third-order valence-electron chi connectivity index (χ3n) is 3.49. The van der Waals surface area contributed by atoms with Crippen LogP contribution in [0.15, 0.2) is 0 Å². The first-order valence-electron chi connectivity index (χ1n) is 6.64. The van der Waals surface area contributed by atoms with Crippen LogP contribution in [-0.2, 0) is 9.59 Å². The van der Waals surface area contributed by atoms with Crippen molar-refractivity contribution >= 4 is 11.9 Å². The van der Waals surface area contributed by atoms with Crippen molar-refractivity contribution in [1.29, 1.82) is 0 Å². The normalized spacial score (nSPS) is 19.8. The van der Waals surface area contributed by atoms with E-state index < -0.39 is 5.97 Å². The van der Waals surface area contributed by atoms with E-state index in [1.807, 2.05) is 13.8 Å². The van der Waals surface area contributed by atoms with Crippen molar-refractivity contribution in [1.82, 2.24) is 10.6 Å². The van der Waals surface area contributed by atoms with E-state index in [0.717, 1.165) is 25.8 Å². The van der Waals surface area contributed by atoms with E-state index in [1.165, 1.54) is 0 Å². The fraction of sp³-hybridized carbons (Fsp3) is 0.846. The number of carboxylic acids is 1. The van der Waals surface area contributed by atoms with Gasteiger partial charge in [0.2, 0.25) is 5.91 Å². The van der Waals surface area contributed by atoms with Crippen molar-refractivity contribution in [2.45, 2.75) is 52.0 Å². The SMILES string of the molecule is CC(C)(CCNC(=O)[C@@H]1CCCN1)CCC(=O)O. The molecule has 1 saturated heterocycles. The molecule has 0 spiro atoms. The minimum absolute atomic E-state index is 0.0351. The van der Waals surface area contributed by atoms with Gasteiger partial charge in [0.15, 0.2) is 0 Å². The van der Waals surface area contributed by atoms with Crippen LogP contribution in [0.5, 0.6) is 0 Å². The maximum Gasteiger partial charge on any atom is 0.303 e. The molecule has 1 rings (SSSR count). The second kappa shape index (κ2) is 6.73. The smallest absolute Gasteiger partial charge is 0.303 e. The number of carbonyl (C=O) groups excluding carboxylic acids is 1. The number of rotatable bonds is 7. The van der Waals surface area contributed by atoms with E-state index in [9.17, 15) is 9.59 Å². The molecule has 1 amide bonds. The third-order valence-corrected chi connectivity index (χ3v) is 3.49. The zero-order valence-corrected chi connectivity index (χ0v) is 11.3. The van der Waals surface area contributed by atoms with E-state index in [2.05, 4.69) is 10.6 Å². The maximum absolute atomic E-state index is 11.7. The van der Waals surface area contributed by atoms with E-state index in [1.54, 1.807) is 0 Å². The Morgan fingerprint density at radius 2 is 2.11 bits per heavy atom. The summed E-state index contributed by atoms with van der Waals surface area (Å²) in [6, 6.07) is -0.0351. The second-order valence-electron chi connectivity index (χ2n) is 5.75. The van der Waals surface area contributed by atoms with E-state index >= 15 is 0 Å². The Bertz CT molecular complexity index is 297. The number of hydrogen-bond donors (Lipinski definition) is 3. The number of hydrogen-bond acceptors (Lipinski definition) is 3. The summed E-state index contributed by atoms with van der Waals surface area (Å²) < 4.78 is 0. The van der Waals surface area contributed by atoms with Crippen molar-refractivity contribution in [2.75, 3.05) is 13.1 Å². The van der Waals surface area contributed by atoms with Crippen molar-refractivity contribution in [3.8, 4) is 0 Å². The van der Waals surface area contributed by atoms with Crippen molar-refractivity contribution < 1.29 is 14.7 Å². The summed E-state index contributed by atoms with van der Waals surface area (Å²) >= 11 is 0. The average Bonchev–Trinajstić information content (AvgIpc) is 2.79. The van der Waals surface area contributed by atoms with Gasteiger partial charge in [-0.1, -0.05) is 13.8 Å². The fourth-order valence-electron chi connectivity index (χ4n) is 2.13. The first-order chi connectivity index (χ1) is 8.41. The topological polar surface area (TPSA) is 78.4 Å². The van der Waals surface area contributed by atoms with Crippen LogP contribution in [0.3, 0.4) is 0 Å². The summed E-state index contributed by atoms with van der Waals surface area (Å²) in [5.74, 6) is -0.691. The lowest BCUT2D eigenvalue weighted by molar-refractivity contribution is -0.137. The quantitative estimate of drug-likeness (QED) is 0.638. The lowest BCUT2D eigenvalue weighted by Gasteiger charge is -2.24. The number of carbonyl (C=O) groups is 2. The first-order valence-corrected chi connectivity index (χ1v) is 6.64. The molecule has 1 heterocycles. The van der Waals surface area contributed by atoms with Crippen molar-refractivity contribution in [3.05, 3.63) is 0 Å². The summed E-state index contributed by atoms with van der Waals surface area (Å²) in [6.45, 7) is 5.61. The maximum atomic E-state index is 11.7. The first kappa shape index (κ1) is 15.0. The molecule has 0 bridgehead atoms. The molecule has 18 heavy (non-hydrogen) atoms. The van der Waals surface area contributed by atoms with E-state index in [0.29, 0.717) is 13.0 Å². The highest BCUT2D eigenvalue weighted by Gasteiger charge is 2.23. The minimum Gasteiger partial charge on any atom is -0.481 e. The molecule has 1 fully saturated rings. The largest absolute Gasteiger partial charge is 0.481 e. The molecule has 3 N–H and O–H groups in total. The molecule has 0 aliphatic carbocycles. The Labute approximate surface area is 108 Å². The molecule has 0 aromatic carbocycles. The Balaban J connectivity index is 2.19. The molecule has 0 radical (unpaired) electrons. The Morgan fingerprint density at radius 1 is 1.39 bits per heavy atom. The van der Waals surface area contributed by atoms with Gasteiger partial charge in [-0.05, 0) is 37.6 Å². The second-order valence-corrected chi connectivity index (χ2v) is 5.75. The van der Waals surface area contributed by atoms with Crippen LogP contribution in [-0.4, -0.2) is 36.1 Å². The van der Waals surface area contributed by atoms with Gasteiger partial charge in [-0.15, -0.1) is 0 Å². The van der Waals surface area contributed by atoms with Crippen LogP contribution >= 0.6 is 0 Å². The zero-order valence-electron chi connectivity index (χ0n) is 11.3. The van der Waals surface area contributed by atoms with Crippen LogP contribution in [0, 0.1) is 5.41 Å². The average molecular weight is 256 g/mol. The van der Waals surface area contributed by atoms with Gasteiger partial charge in [0.05, 0.1) is 6.04 Å². The van der Waals surface area contributed by atoms with Crippen molar-refractivity contribution in [3.63, 3.8) is 0 Å². The third kappa shape index (κ3) is 5.49. The van der Waals surface area contributed by atoms with Gasteiger partial charge >= 0.3 is 5.97 Å². The summed E-state index contributed by atoms with van der Waals surface area (Å²) in [6.07, 6.45) is 3.60. The highest BCUT2D eigenvalue weighted by Crippen LogP contribution is 2.26. The molecule has 1 aliphatic heterocycles. The molecule has 5 heteroatoms. The van der Waals surface area contributed by atoms with Gasteiger partial charge in [-0.25, -0.2) is 0 Å². The Hall–Kier alpha value is -1.10. The lowest BCUT2D eigenvalue weighted by Crippen LogP contribution is -2.41. The molecule has 1 aliphatic rings. The fourth-order valence-corrected chi connectivity index (χ4v) is 2.13. The number of aliphatic carboxylic acids is 1. The molecule has 1 atom stereocenters. The number of amides is 1. The van der Waals surface area contributed by atoms with E-state index in [-0.39, 0.29) is 23.8 Å². The minimum atomic E-state index is -0.762. The predicted molar refractivity (Wildman–Crippen MR) is 69.3 cm³/mol. The van der Waals surface area contributed by atoms with Crippen LogP contribution in [0.1, 0.15) is 46.0 Å². The van der Waals surface area contributed by atoms with Crippen LogP contribution in [0.2, 0.25) is 0 Å². The summed E-state index contributed by atoms with van der Waals surface area (Å²) in [5, 5.41) is 14.7. The predicted octanol–water partition coefficient (Wildman–Crippen LogP) is 1.14. The monoisotopic (exact) mass is 256 g/mol. The van der Waals surface area contributed by atoms with Gasteiger partial charge in [0.1, 0.15) is 0 Å². The summed E-state index contributed by atoms with van der Waals surface area (Å²) in [4.78, 5) is 22.3. The van der Waals surface area contributed by atoms with Crippen LogP contribution in [0.4, 0.5) is 0 Å². The van der Waals surface area contributed by atoms with E-state index in [4.69, 9.17) is 5.11 Å². The molecular formula is C13H24N2O3. The van der Waals surface area contributed by atoms with Crippen molar-refractivity contribution in [2.24, 2.45) is 5.41 Å². The van der Waals surface area contributed by atoms with Gasteiger partial charge in [0.25, 0.3) is 0 Å². The molecule has 0 saturated carbocycles. The molecule has 0 aromatic heterocycles. The van der Waals surface area contributed by atoms with Crippen LogP contribution in [0.25, 0.3) is 0 Å². The molecule has 0 aromatic rings. The lowest BCUT2D eigenvalue weighted by atomic mass is 9.84. The van der Waals surface area contributed by atoms with Gasteiger partial charge in [-0.3, -0.25) is 9.59 Å². The molecule has 104 valence electrons. The molecule has 0 unspecified atom stereocenters. The highest BCUT2D eigenvalue weighted by molar-refractivity contribution is 5.81.